The maximum Gasteiger partial charge on any atom is 0.304 e. The van der Waals surface area contributed by atoms with Crippen molar-refractivity contribution >= 4 is 17.6 Å². The maximum atomic E-state index is 10.7. The van der Waals surface area contributed by atoms with Crippen molar-refractivity contribution in [1.29, 1.82) is 0 Å². The van der Waals surface area contributed by atoms with Crippen molar-refractivity contribution < 1.29 is 19.4 Å². The predicted octanol–water partition coefficient (Wildman–Crippen LogP) is 3.77. The molecule has 0 radical (unpaired) electrons. The summed E-state index contributed by atoms with van der Waals surface area (Å²) in [5.41, 5.74) is 2.09. The molecule has 1 heterocycles. The lowest BCUT2D eigenvalue weighted by Gasteiger charge is -2.32. The van der Waals surface area contributed by atoms with E-state index in [-0.39, 0.29) is 12.5 Å². The van der Waals surface area contributed by atoms with Crippen LogP contribution >= 0.6 is 11.6 Å². The zero-order valence-corrected chi connectivity index (χ0v) is 15.2. The van der Waals surface area contributed by atoms with Gasteiger partial charge in [0.05, 0.1) is 19.1 Å². The van der Waals surface area contributed by atoms with E-state index in [2.05, 4.69) is 4.90 Å². The fraction of sp³-hybridized carbons (Fsp3) is 0.350. The highest BCUT2D eigenvalue weighted by Crippen LogP contribution is 2.25. The Balaban J connectivity index is 1.54. The minimum atomic E-state index is -0.769. The number of carboxylic acid groups (broad SMARTS) is 1. The van der Waals surface area contributed by atoms with Crippen LogP contribution in [0, 0.1) is 0 Å². The normalized spacial score (nSPS) is 17.8. The van der Waals surface area contributed by atoms with Gasteiger partial charge in [-0.25, -0.2) is 0 Å². The number of nitrogens with zero attached hydrogens (tertiary/aromatic N) is 1. The van der Waals surface area contributed by atoms with Gasteiger partial charge in [0.1, 0.15) is 12.4 Å². The van der Waals surface area contributed by atoms with E-state index in [1.54, 1.807) is 0 Å². The van der Waals surface area contributed by atoms with E-state index in [0.717, 1.165) is 23.4 Å². The highest BCUT2D eigenvalue weighted by molar-refractivity contribution is 6.30. The number of halogens is 1. The van der Waals surface area contributed by atoms with E-state index < -0.39 is 5.97 Å². The number of benzene rings is 2. The van der Waals surface area contributed by atoms with Gasteiger partial charge in [0, 0.05) is 24.7 Å². The number of ether oxygens (including phenoxy) is 2. The summed E-state index contributed by atoms with van der Waals surface area (Å²) in [6.07, 6.45) is 0.114. The lowest BCUT2D eigenvalue weighted by atomic mass is 10.1. The van der Waals surface area contributed by atoms with E-state index in [0.29, 0.717) is 31.3 Å². The number of hydrogen-bond donors (Lipinski definition) is 1. The van der Waals surface area contributed by atoms with Crippen LogP contribution in [0.15, 0.2) is 48.5 Å². The molecule has 6 heteroatoms. The molecule has 1 N–H and O–H groups in total. The van der Waals surface area contributed by atoms with E-state index >= 15 is 0 Å². The van der Waals surface area contributed by atoms with Crippen LogP contribution in [0.2, 0.25) is 5.02 Å². The van der Waals surface area contributed by atoms with E-state index in [1.165, 1.54) is 0 Å². The lowest BCUT2D eigenvalue weighted by Crippen LogP contribution is -2.39. The Labute approximate surface area is 158 Å². The molecule has 1 aliphatic rings. The first-order valence-electron chi connectivity index (χ1n) is 8.63. The van der Waals surface area contributed by atoms with Gasteiger partial charge < -0.3 is 14.6 Å². The quantitative estimate of drug-likeness (QED) is 0.798. The Morgan fingerprint density at radius 2 is 2.08 bits per heavy atom. The van der Waals surface area contributed by atoms with Crippen LogP contribution in [0.5, 0.6) is 5.75 Å². The standard InChI is InChI=1S/C20H22ClNO4/c21-17-3-1-2-15(12-17)14-26-18-6-4-16(5-7-18)19-13-22(10-11-25-19)9-8-20(23)24/h1-7,12,19H,8-11,13-14H2,(H,23,24)/t19-/m0/s1. The van der Waals surface area contributed by atoms with Gasteiger partial charge in [-0.15, -0.1) is 0 Å². The summed E-state index contributed by atoms with van der Waals surface area (Å²) in [5, 5.41) is 9.52. The van der Waals surface area contributed by atoms with Crippen LogP contribution < -0.4 is 4.74 Å². The summed E-state index contributed by atoms with van der Waals surface area (Å²) >= 11 is 5.98. The van der Waals surface area contributed by atoms with Gasteiger partial charge in [-0.1, -0.05) is 35.9 Å². The summed E-state index contributed by atoms with van der Waals surface area (Å²) in [6, 6.07) is 15.5. The average Bonchev–Trinajstić information content (AvgIpc) is 2.65. The molecule has 5 nitrogen and oxygen atoms in total. The molecule has 26 heavy (non-hydrogen) atoms. The fourth-order valence-corrected chi connectivity index (χ4v) is 3.15. The summed E-state index contributed by atoms with van der Waals surface area (Å²) in [7, 11) is 0. The third kappa shape index (κ3) is 5.46. The van der Waals surface area contributed by atoms with Crippen LogP contribution in [0.4, 0.5) is 0 Å². The van der Waals surface area contributed by atoms with Crippen molar-refractivity contribution in [2.45, 2.75) is 19.1 Å². The van der Waals surface area contributed by atoms with E-state index in [9.17, 15) is 4.79 Å². The Morgan fingerprint density at radius 3 is 2.81 bits per heavy atom. The van der Waals surface area contributed by atoms with Crippen molar-refractivity contribution in [3.05, 3.63) is 64.7 Å². The Bertz CT molecular complexity index is 735. The molecule has 138 valence electrons. The van der Waals surface area contributed by atoms with Gasteiger partial charge in [-0.2, -0.15) is 0 Å². The third-order valence-corrected chi connectivity index (χ3v) is 4.57. The Kier molecular flexibility index (Phi) is 6.50. The summed E-state index contributed by atoms with van der Waals surface area (Å²) < 4.78 is 11.6. The smallest absolute Gasteiger partial charge is 0.304 e. The van der Waals surface area contributed by atoms with E-state index in [4.69, 9.17) is 26.2 Å². The minimum Gasteiger partial charge on any atom is -0.489 e. The molecule has 0 bridgehead atoms. The van der Waals surface area contributed by atoms with Gasteiger partial charge in [0.25, 0.3) is 0 Å². The second kappa shape index (κ2) is 9.03. The van der Waals surface area contributed by atoms with Crippen LogP contribution in [0.3, 0.4) is 0 Å². The zero-order valence-electron chi connectivity index (χ0n) is 14.4. The molecule has 0 aromatic heterocycles. The molecule has 1 saturated heterocycles. The lowest BCUT2D eigenvalue weighted by molar-refractivity contribution is -0.137. The average molecular weight is 376 g/mol. The molecule has 0 unspecified atom stereocenters. The first-order chi connectivity index (χ1) is 12.6. The topological polar surface area (TPSA) is 59.0 Å². The highest BCUT2D eigenvalue weighted by atomic mass is 35.5. The van der Waals surface area contributed by atoms with Crippen molar-refractivity contribution in [3.63, 3.8) is 0 Å². The first kappa shape index (κ1) is 18.7. The Hall–Kier alpha value is -2.08. The molecule has 0 aliphatic carbocycles. The molecule has 1 fully saturated rings. The molecular formula is C20H22ClNO4. The van der Waals surface area contributed by atoms with Crippen LogP contribution in [-0.4, -0.2) is 42.2 Å². The third-order valence-electron chi connectivity index (χ3n) is 4.34. The van der Waals surface area contributed by atoms with Crippen molar-refractivity contribution in [3.8, 4) is 5.75 Å². The SMILES string of the molecule is O=C(O)CCN1CCO[C@H](c2ccc(OCc3cccc(Cl)c3)cc2)C1. The van der Waals surface area contributed by atoms with Crippen LogP contribution in [0.1, 0.15) is 23.7 Å². The first-order valence-corrected chi connectivity index (χ1v) is 9.01. The minimum absolute atomic E-state index is 0.0421. The second-order valence-corrected chi connectivity index (χ2v) is 6.73. The van der Waals surface area contributed by atoms with Gasteiger partial charge in [0.2, 0.25) is 0 Å². The van der Waals surface area contributed by atoms with Gasteiger partial charge >= 0.3 is 5.97 Å². The number of aliphatic carboxylic acids is 1. The molecule has 1 atom stereocenters. The van der Waals surface area contributed by atoms with Crippen LogP contribution in [0.25, 0.3) is 0 Å². The van der Waals surface area contributed by atoms with E-state index in [1.807, 2.05) is 48.5 Å². The summed E-state index contributed by atoms with van der Waals surface area (Å²) in [6.45, 7) is 3.09. The van der Waals surface area contributed by atoms with Crippen molar-refractivity contribution in [1.82, 2.24) is 4.90 Å². The number of hydrogen-bond acceptors (Lipinski definition) is 4. The van der Waals surface area contributed by atoms with Crippen molar-refractivity contribution in [2.75, 3.05) is 26.2 Å². The number of carboxylic acids is 1. The molecule has 1 aliphatic heterocycles. The summed E-state index contributed by atoms with van der Waals surface area (Å²) in [5.74, 6) is 0.0153. The predicted molar refractivity (Wildman–Crippen MR) is 99.6 cm³/mol. The molecule has 0 saturated carbocycles. The fourth-order valence-electron chi connectivity index (χ4n) is 2.93. The van der Waals surface area contributed by atoms with Gasteiger partial charge in [0.15, 0.2) is 0 Å². The number of carbonyl (C=O) groups is 1. The molecule has 2 aromatic rings. The number of rotatable bonds is 7. The zero-order chi connectivity index (χ0) is 18.4. The monoisotopic (exact) mass is 375 g/mol. The number of morpholine rings is 1. The molecule has 0 amide bonds. The largest absolute Gasteiger partial charge is 0.489 e. The second-order valence-electron chi connectivity index (χ2n) is 6.29. The maximum absolute atomic E-state index is 10.7. The molecule has 3 rings (SSSR count). The molecule has 2 aromatic carbocycles. The Morgan fingerprint density at radius 1 is 1.27 bits per heavy atom. The molecular weight excluding hydrogens is 354 g/mol. The molecule has 0 spiro atoms. The summed E-state index contributed by atoms with van der Waals surface area (Å²) in [4.78, 5) is 12.9. The van der Waals surface area contributed by atoms with Crippen LogP contribution in [-0.2, 0) is 16.1 Å². The van der Waals surface area contributed by atoms with Gasteiger partial charge in [-0.3, -0.25) is 9.69 Å². The van der Waals surface area contributed by atoms with Crippen molar-refractivity contribution in [2.24, 2.45) is 0 Å². The highest BCUT2D eigenvalue weighted by Gasteiger charge is 2.22. The van der Waals surface area contributed by atoms with Gasteiger partial charge in [-0.05, 0) is 35.4 Å².